The van der Waals surface area contributed by atoms with Gasteiger partial charge in [0.15, 0.2) is 0 Å². The first kappa shape index (κ1) is 19.3. The van der Waals surface area contributed by atoms with Gasteiger partial charge in [0.05, 0.1) is 6.04 Å². The fraction of sp³-hybridized carbons (Fsp3) is 0.533. The van der Waals surface area contributed by atoms with Gasteiger partial charge in [-0.1, -0.05) is 36.8 Å². The second-order valence-electron chi connectivity index (χ2n) is 5.32. The first-order chi connectivity index (χ1) is 11.5. The number of amides is 1. The monoisotopic (exact) mass is 339 g/mol. The molecular weight excluding hydrogens is 318 g/mol. The summed E-state index contributed by atoms with van der Waals surface area (Å²) >= 11 is 0. The highest BCUT2D eigenvalue weighted by Crippen LogP contribution is 2.06. The molecule has 9 heteroatoms. The lowest BCUT2D eigenvalue weighted by atomic mass is 10.1. The van der Waals surface area contributed by atoms with E-state index in [-0.39, 0.29) is 13.2 Å². The van der Waals surface area contributed by atoms with Crippen LogP contribution in [0.5, 0.6) is 0 Å². The van der Waals surface area contributed by atoms with E-state index < -0.39 is 28.5 Å². The molecule has 1 amide bonds. The molecule has 0 saturated heterocycles. The molecule has 1 aromatic carbocycles. The molecule has 1 N–H and O–H groups in total. The molecule has 0 fully saturated rings. The van der Waals surface area contributed by atoms with Gasteiger partial charge >= 0.3 is 6.09 Å². The summed E-state index contributed by atoms with van der Waals surface area (Å²) in [6.07, 6.45) is 1.22. The van der Waals surface area contributed by atoms with E-state index in [1.54, 1.807) is 12.1 Å². The molecule has 0 aliphatic heterocycles. The van der Waals surface area contributed by atoms with Gasteiger partial charge in [0.2, 0.25) is 13.1 Å². The molecule has 0 aliphatic carbocycles. The molecule has 0 spiro atoms. The molecule has 0 radical (unpaired) electrons. The number of carbonyl (C=O) groups excluding carboxylic acids is 1. The van der Waals surface area contributed by atoms with Crippen molar-refractivity contribution in [2.75, 3.05) is 13.1 Å². The molecule has 0 aliphatic rings. The lowest BCUT2D eigenvalue weighted by Gasteiger charge is -2.15. The number of hydrogen-bond acceptors (Lipinski definition) is 6. The average molecular weight is 339 g/mol. The summed E-state index contributed by atoms with van der Waals surface area (Å²) in [7, 11) is 0. The van der Waals surface area contributed by atoms with Crippen LogP contribution in [-0.4, -0.2) is 35.1 Å². The fourth-order valence-electron chi connectivity index (χ4n) is 2.13. The Labute approximate surface area is 139 Å². The van der Waals surface area contributed by atoms with Crippen molar-refractivity contribution in [3.05, 3.63) is 56.1 Å². The lowest BCUT2D eigenvalue weighted by Crippen LogP contribution is -2.40. The SMILES string of the molecule is O=C(NC(CCCCC[N+](=O)[O-])C[N+](=O)[O-])OCc1ccccc1. The molecule has 9 nitrogen and oxygen atoms in total. The Morgan fingerprint density at radius 3 is 2.42 bits per heavy atom. The third kappa shape index (κ3) is 9.34. The maximum absolute atomic E-state index is 11.7. The Morgan fingerprint density at radius 1 is 1.08 bits per heavy atom. The van der Waals surface area contributed by atoms with E-state index in [1.165, 1.54) is 0 Å². The van der Waals surface area contributed by atoms with Gasteiger partial charge in [-0.2, -0.15) is 0 Å². The van der Waals surface area contributed by atoms with E-state index >= 15 is 0 Å². The van der Waals surface area contributed by atoms with Crippen LogP contribution in [0.1, 0.15) is 31.2 Å². The zero-order valence-electron chi connectivity index (χ0n) is 13.3. The number of rotatable bonds is 11. The number of ether oxygens (including phenoxy) is 1. The van der Waals surface area contributed by atoms with Crippen molar-refractivity contribution in [3.8, 4) is 0 Å². The second-order valence-corrected chi connectivity index (χ2v) is 5.32. The first-order valence-corrected chi connectivity index (χ1v) is 7.68. The zero-order chi connectivity index (χ0) is 17.8. The lowest BCUT2D eigenvalue weighted by molar-refractivity contribution is -0.483. The van der Waals surface area contributed by atoms with Gasteiger partial charge in [-0.25, -0.2) is 4.79 Å². The van der Waals surface area contributed by atoms with E-state index in [4.69, 9.17) is 4.74 Å². The van der Waals surface area contributed by atoms with E-state index in [1.807, 2.05) is 18.2 Å². The molecule has 1 aromatic rings. The van der Waals surface area contributed by atoms with Gasteiger partial charge < -0.3 is 10.1 Å². The summed E-state index contributed by atoms with van der Waals surface area (Å²) in [5.74, 6) is 0. The molecular formula is C15H21N3O6. The third-order valence-corrected chi connectivity index (χ3v) is 3.30. The van der Waals surface area contributed by atoms with Crippen LogP contribution in [-0.2, 0) is 11.3 Å². The summed E-state index contributed by atoms with van der Waals surface area (Å²) in [4.78, 5) is 31.7. The van der Waals surface area contributed by atoms with Crippen LogP contribution in [0.25, 0.3) is 0 Å². The predicted octanol–water partition coefficient (Wildman–Crippen LogP) is 2.40. The maximum Gasteiger partial charge on any atom is 0.407 e. The highest BCUT2D eigenvalue weighted by molar-refractivity contribution is 5.67. The number of alkyl carbamates (subject to hydrolysis) is 1. The zero-order valence-corrected chi connectivity index (χ0v) is 13.3. The minimum absolute atomic E-state index is 0.0840. The number of hydrogen-bond donors (Lipinski definition) is 1. The number of nitrogens with one attached hydrogen (secondary N) is 1. The number of unbranched alkanes of at least 4 members (excludes halogenated alkanes) is 2. The third-order valence-electron chi connectivity index (χ3n) is 3.30. The quantitative estimate of drug-likeness (QED) is 0.375. The van der Waals surface area contributed by atoms with Crippen molar-refractivity contribution >= 4 is 6.09 Å². The minimum Gasteiger partial charge on any atom is -0.445 e. The van der Waals surface area contributed by atoms with E-state index in [0.717, 1.165) is 5.56 Å². The van der Waals surface area contributed by atoms with Crippen LogP contribution in [0, 0.1) is 20.2 Å². The fourth-order valence-corrected chi connectivity index (χ4v) is 2.13. The topological polar surface area (TPSA) is 125 Å². The summed E-state index contributed by atoms with van der Waals surface area (Å²) in [6, 6.07) is 8.43. The highest BCUT2D eigenvalue weighted by Gasteiger charge is 2.18. The normalized spacial score (nSPS) is 11.5. The Hall–Kier alpha value is -2.71. The summed E-state index contributed by atoms with van der Waals surface area (Å²) in [5.41, 5.74) is 0.818. The van der Waals surface area contributed by atoms with Gasteiger partial charge in [0, 0.05) is 16.3 Å². The van der Waals surface area contributed by atoms with Crippen LogP contribution in [0.15, 0.2) is 30.3 Å². The first-order valence-electron chi connectivity index (χ1n) is 7.68. The maximum atomic E-state index is 11.7. The number of benzene rings is 1. The van der Waals surface area contributed by atoms with Crippen molar-refractivity contribution in [1.82, 2.24) is 5.32 Å². The molecule has 0 bridgehead atoms. The van der Waals surface area contributed by atoms with Crippen molar-refractivity contribution in [2.24, 2.45) is 0 Å². The van der Waals surface area contributed by atoms with Crippen LogP contribution in [0.3, 0.4) is 0 Å². The molecule has 24 heavy (non-hydrogen) atoms. The standard InChI is InChI=1S/C15H21N3O6/c19-15(24-12-13-7-3-1-4-8-13)16-14(11-18(22)23)9-5-2-6-10-17(20)21/h1,3-4,7-8,14H,2,5-6,9-12H2,(H,16,19). The van der Waals surface area contributed by atoms with E-state index in [0.29, 0.717) is 25.7 Å². The molecule has 1 unspecified atom stereocenters. The summed E-state index contributed by atoms with van der Waals surface area (Å²) in [6.45, 7) is -0.442. The van der Waals surface area contributed by atoms with Gasteiger partial charge in [-0.15, -0.1) is 0 Å². The van der Waals surface area contributed by atoms with Crippen LogP contribution in [0.2, 0.25) is 0 Å². The molecule has 1 atom stereocenters. The number of nitro groups is 2. The Bertz CT molecular complexity index is 537. The van der Waals surface area contributed by atoms with Gasteiger partial charge in [-0.05, 0) is 18.4 Å². The largest absolute Gasteiger partial charge is 0.445 e. The molecule has 132 valence electrons. The minimum atomic E-state index is -0.712. The van der Waals surface area contributed by atoms with Crippen molar-refractivity contribution < 1.29 is 19.4 Å². The number of carbonyl (C=O) groups is 1. The van der Waals surface area contributed by atoms with E-state index in [2.05, 4.69) is 5.32 Å². The Balaban J connectivity index is 2.33. The van der Waals surface area contributed by atoms with Crippen LogP contribution < -0.4 is 5.32 Å². The van der Waals surface area contributed by atoms with Crippen LogP contribution >= 0.6 is 0 Å². The van der Waals surface area contributed by atoms with Crippen LogP contribution in [0.4, 0.5) is 4.79 Å². The van der Waals surface area contributed by atoms with Crippen molar-refractivity contribution in [2.45, 2.75) is 38.3 Å². The Morgan fingerprint density at radius 2 is 1.79 bits per heavy atom. The summed E-state index contributed by atoms with van der Waals surface area (Å²) < 4.78 is 5.04. The van der Waals surface area contributed by atoms with Gasteiger partial charge in [0.1, 0.15) is 6.61 Å². The number of nitrogens with zero attached hydrogens (tertiary/aromatic N) is 2. The Kier molecular flexibility index (Phi) is 8.80. The van der Waals surface area contributed by atoms with Gasteiger partial charge in [0.25, 0.3) is 0 Å². The van der Waals surface area contributed by atoms with E-state index in [9.17, 15) is 25.0 Å². The van der Waals surface area contributed by atoms with Crippen molar-refractivity contribution in [3.63, 3.8) is 0 Å². The second kappa shape index (κ2) is 10.9. The molecule has 0 saturated carbocycles. The predicted molar refractivity (Wildman–Crippen MR) is 85.7 cm³/mol. The molecule has 1 rings (SSSR count). The molecule has 0 heterocycles. The van der Waals surface area contributed by atoms with Gasteiger partial charge in [-0.3, -0.25) is 20.2 Å². The smallest absolute Gasteiger partial charge is 0.407 e. The summed E-state index contributed by atoms with van der Waals surface area (Å²) in [5, 5.41) is 23.4. The van der Waals surface area contributed by atoms with Crippen molar-refractivity contribution in [1.29, 1.82) is 0 Å². The highest BCUT2D eigenvalue weighted by atomic mass is 16.6. The average Bonchev–Trinajstić information content (AvgIpc) is 2.52. The molecule has 0 aromatic heterocycles.